The molecule has 0 unspecified atom stereocenters. The number of rotatable bonds is 4. The second-order valence-electron chi connectivity index (χ2n) is 6.63. The van der Waals surface area contributed by atoms with Crippen molar-refractivity contribution in [1.82, 2.24) is 10.3 Å². The van der Waals surface area contributed by atoms with Crippen LogP contribution in [0.4, 0.5) is 5.69 Å². The Hall–Kier alpha value is -3.51. The molecule has 0 aliphatic rings. The first-order chi connectivity index (χ1) is 14.1. The Labute approximate surface area is 173 Å². The van der Waals surface area contributed by atoms with Gasteiger partial charge in [0, 0.05) is 11.3 Å². The maximum Gasteiger partial charge on any atom is 0.230 e. The molecular weight excluding hydrogens is 382 g/mol. The average Bonchev–Trinajstić information content (AvgIpc) is 3.14. The summed E-state index contributed by atoms with van der Waals surface area (Å²) in [6.45, 7) is 1.96. The van der Waals surface area contributed by atoms with Crippen LogP contribution in [0.1, 0.15) is 11.1 Å². The Morgan fingerprint density at radius 1 is 1.00 bits per heavy atom. The Morgan fingerprint density at radius 2 is 1.76 bits per heavy atom. The van der Waals surface area contributed by atoms with Crippen LogP contribution in [0.5, 0.6) is 0 Å². The molecule has 0 aliphatic carbocycles. The fourth-order valence-corrected chi connectivity index (χ4v) is 3.32. The van der Waals surface area contributed by atoms with Crippen LogP contribution < -0.4 is 10.6 Å². The number of hydrogen-bond acceptors (Lipinski definition) is 4. The van der Waals surface area contributed by atoms with Crippen LogP contribution in [0.15, 0.2) is 77.2 Å². The average molecular weight is 401 g/mol. The third-order valence-electron chi connectivity index (χ3n) is 4.57. The summed E-state index contributed by atoms with van der Waals surface area (Å²) in [5.74, 6) is 0.382. The number of nitrogens with one attached hydrogen (secondary N) is 2. The Morgan fingerprint density at radius 3 is 2.55 bits per heavy atom. The van der Waals surface area contributed by atoms with Crippen molar-refractivity contribution in [2.24, 2.45) is 0 Å². The van der Waals surface area contributed by atoms with Gasteiger partial charge < -0.3 is 15.1 Å². The van der Waals surface area contributed by atoms with Crippen LogP contribution in [-0.4, -0.2) is 16.0 Å². The molecule has 1 heterocycles. The van der Waals surface area contributed by atoms with E-state index >= 15 is 0 Å². The largest absolute Gasteiger partial charge is 0.436 e. The zero-order valence-electron chi connectivity index (χ0n) is 15.8. The fraction of sp³-hybridized carbons (Fsp3) is 0.0870. The highest BCUT2D eigenvalue weighted by atomic mass is 32.1. The van der Waals surface area contributed by atoms with Crippen LogP contribution >= 0.6 is 12.2 Å². The minimum absolute atomic E-state index is 0.165. The number of aromatic nitrogens is 1. The second kappa shape index (κ2) is 8.24. The van der Waals surface area contributed by atoms with Crippen molar-refractivity contribution < 1.29 is 9.21 Å². The second-order valence-corrected chi connectivity index (χ2v) is 7.04. The summed E-state index contributed by atoms with van der Waals surface area (Å²) in [6, 6.07) is 22.9. The third-order valence-corrected chi connectivity index (χ3v) is 4.77. The Bertz CT molecular complexity index is 1150. The molecule has 0 saturated carbocycles. The smallest absolute Gasteiger partial charge is 0.230 e. The van der Waals surface area contributed by atoms with Crippen LogP contribution in [-0.2, 0) is 11.2 Å². The lowest BCUT2D eigenvalue weighted by Crippen LogP contribution is -2.35. The molecule has 1 aromatic heterocycles. The lowest BCUT2D eigenvalue weighted by Gasteiger charge is -2.13. The molecule has 29 heavy (non-hydrogen) atoms. The highest BCUT2D eigenvalue weighted by Crippen LogP contribution is 2.30. The van der Waals surface area contributed by atoms with Crippen LogP contribution in [0.25, 0.3) is 22.6 Å². The lowest BCUT2D eigenvalue weighted by atomic mass is 10.1. The number of carbonyl (C=O) groups excluding carboxylic acids is 1. The third kappa shape index (κ3) is 4.33. The molecule has 0 bridgehead atoms. The van der Waals surface area contributed by atoms with Crippen LogP contribution in [0.3, 0.4) is 0 Å². The highest BCUT2D eigenvalue weighted by Gasteiger charge is 2.14. The molecule has 0 aliphatic heterocycles. The Kier molecular flexibility index (Phi) is 5.35. The van der Waals surface area contributed by atoms with Gasteiger partial charge in [-0.15, -0.1) is 0 Å². The van der Waals surface area contributed by atoms with Crippen molar-refractivity contribution in [2.75, 3.05) is 5.32 Å². The number of thiocarbonyl (C=S) groups is 1. The van der Waals surface area contributed by atoms with E-state index in [0.717, 1.165) is 33.5 Å². The monoisotopic (exact) mass is 401 g/mol. The van der Waals surface area contributed by atoms with Gasteiger partial charge >= 0.3 is 0 Å². The summed E-state index contributed by atoms with van der Waals surface area (Å²) in [5.41, 5.74) is 5.06. The number of benzene rings is 3. The van der Waals surface area contributed by atoms with Gasteiger partial charge in [0.25, 0.3) is 0 Å². The van der Waals surface area contributed by atoms with Crippen molar-refractivity contribution in [2.45, 2.75) is 13.3 Å². The molecule has 5 nitrogen and oxygen atoms in total. The number of oxazole rings is 1. The van der Waals surface area contributed by atoms with Gasteiger partial charge in [-0.1, -0.05) is 48.5 Å². The number of nitrogens with zero attached hydrogens (tertiary/aromatic N) is 1. The highest BCUT2D eigenvalue weighted by molar-refractivity contribution is 7.80. The molecule has 4 aromatic rings. The van der Waals surface area contributed by atoms with Gasteiger partial charge in [-0.25, -0.2) is 4.98 Å². The molecule has 0 atom stereocenters. The standard InChI is InChI=1S/C23H19N3O2S/c1-15-17(22-24-19-11-5-6-13-20(19)28-22)10-7-12-18(15)25-23(29)26-21(27)14-16-8-3-2-4-9-16/h2-13H,14H2,1H3,(H2,25,26,27,29). The summed E-state index contributed by atoms with van der Waals surface area (Å²) in [7, 11) is 0. The van der Waals surface area contributed by atoms with E-state index in [0.29, 0.717) is 5.89 Å². The van der Waals surface area contributed by atoms with Crippen LogP contribution in [0.2, 0.25) is 0 Å². The zero-order chi connectivity index (χ0) is 20.2. The zero-order valence-corrected chi connectivity index (χ0v) is 16.6. The van der Waals surface area contributed by atoms with Crippen molar-refractivity contribution in [1.29, 1.82) is 0 Å². The van der Waals surface area contributed by atoms with Gasteiger partial charge in [0.05, 0.1) is 6.42 Å². The molecule has 0 saturated heterocycles. The van der Waals surface area contributed by atoms with Crippen LogP contribution in [0, 0.1) is 6.92 Å². The summed E-state index contributed by atoms with van der Waals surface area (Å²) in [5, 5.41) is 6.08. The molecule has 4 rings (SSSR count). The lowest BCUT2D eigenvalue weighted by molar-refractivity contribution is -0.119. The van der Waals surface area contributed by atoms with Gasteiger partial charge in [-0.2, -0.15) is 0 Å². The normalized spacial score (nSPS) is 10.7. The van der Waals surface area contributed by atoms with E-state index in [2.05, 4.69) is 15.6 Å². The maximum absolute atomic E-state index is 12.2. The predicted molar refractivity (Wildman–Crippen MR) is 119 cm³/mol. The molecule has 0 spiro atoms. The van der Waals surface area contributed by atoms with E-state index in [9.17, 15) is 4.79 Å². The maximum atomic E-state index is 12.2. The van der Waals surface area contributed by atoms with Crippen molar-refractivity contribution >= 4 is 40.0 Å². The molecule has 3 aromatic carbocycles. The molecular formula is C23H19N3O2S. The van der Waals surface area contributed by atoms with E-state index in [1.807, 2.05) is 79.7 Å². The number of carbonyl (C=O) groups is 1. The summed E-state index contributed by atoms with van der Waals surface area (Å²) >= 11 is 5.32. The topological polar surface area (TPSA) is 67.2 Å². The quantitative estimate of drug-likeness (QED) is 0.478. The SMILES string of the molecule is Cc1c(NC(=S)NC(=O)Cc2ccccc2)cccc1-c1nc2ccccc2o1. The van der Waals surface area contributed by atoms with E-state index in [-0.39, 0.29) is 17.4 Å². The van der Waals surface area contributed by atoms with Gasteiger partial charge in [-0.05, 0) is 54.5 Å². The van der Waals surface area contributed by atoms with Crippen molar-refractivity contribution in [3.05, 3.63) is 83.9 Å². The molecule has 0 radical (unpaired) electrons. The van der Waals surface area contributed by atoms with E-state index < -0.39 is 0 Å². The minimum Gasteiger partial charge on any atom is -0.436 e. The predicted octanol–water partition coefficient (Wildman–Crippen LogP) is 4.86. The number of para-hydroxylation sites is 2. The first-order valence-electron chi connectivity index (χ1n) is 9.20. The molecule has 0 fully saturated rings. The molecule has 1 amide bonds. The molecule has 2 N–H and O–H groups in total. The number of fused-ring (bicyclic) bond motifs is 1. The minimum atomic E-state index is -0.165. The molecule has 144 valence electrons. The summed E-state index contributed by atoms with van der Waals surface area (Å²) in [4.78, 5) is 16.8. The summed E-state index contributed by atoms with van der Waals surface area (Å²) < 4.78 is 5.88. The van der Waals surface area contributed by atoms with Gasteiger partial charge in [0.1, 0.15) is 5.52 Å². The van der Waals surface area contributed by atoms with E-state index in [1.54, 1.807) is 0 Å². The number of amides is 1. The van der Waals surface area contributed by atoms with Crippen molar-refractivity contribution in [3.8, 4) is 11.5 Å². The van der Waals surface area contributed by atoms with Gasteiger partial charge in [0.2, 0.25) is 11.8 Å². The van der Waals surface area contributed by atoms with Gasteiger partial charge in [0.15, 0.2) is 10.7 Å². The number of anilines is 1. The van der Waals surface area contributed by atoms with Gasteiger partial charge in [-0.3, -0.25) is 4.79 Å². The fourth-order valence-electron chi connectivity index (χ4n) is 3.10. The van der Waals surface area contributed by atoms with E-state index in [4.69, 9.17) is 16.6 Å². The Balaban J connectivity index is 1.48. The van der Waals surface area contributed by atoms with E-state index in [1.165, 1.54) is 0 Å². The number of hydrogen-bond donors (Lipinski definition) is 2. The first-order valence-corrected chi connectivity index (χ1v) is 9.61. The summed E-state index contributed by atoms with van der Waals surface area (Å²) in [6.07, 6.45) is 0.268. The first kappa shape index (κ1) is 18.8. The van der Waals surface area contributed by atoms with Crippen molar-refractivity contribution in [3.63, 3.8) is 0 Å². The molecule has 6 heteroatoms.